The molecule has 0 fully saturated rings. The topological polar surface area (TPSA) is 39.2 Å². The number of halogens is 4. The normalized spacial score (nSPS) is 10.7. The Morgan fingerprint density at radius 3 is 2.76 bits per heavy atom. The molecule has 1 aromatic rings. The molecular weight excluding hydrogens is 366 g/mol. The van der Waals surface area contributed by atoms with E-state index in [9.17, 15) is 13.6 Å². The summed E-state index contributed by atoms with van der Waals surface area (Å²) in [5, 5.41) is 0. The van der Waals surface area contributed by atoms with Crippen LogP contribution in [0.25, 0.3) is 0 Å². The van der Waals surface area contributed by atoms with Crippen LogP contribution in [0.2, 0.25) is 0 Å². The van der Waals surface area contributed by atoms with Crippen LogP contribution in [-0.2, 0) is 10.6 Å². The van der Waals surface area contributed by atoms with Crippen LogP contribution in [0.15, 0.2) is 6.20 Å². The molecule has 0 spiro atoms. The van der Waals surface area contributed by atoms with Gasteiger partial charge in [0.05, 0.1) is 17.7 Å². The monoisotopic (exact) mass is 375 g/mol. The Labute approximate surface area is 116 Å². The zero-order valence-corrected chi connectivity index (χ0v) is 11.8. The number of carbonyl (C=O) groups is 1. The Kier molecular flexibility index (Phi) is 5.51. The van der Waals surface area contributed by atoms with E-state index in [0.717, 1.165) is 0 Å². The Hall–Kier alpha value is -0.500. The van der Waals surface area contributed by atoms with Gasteiger partial charge in [0.15, 0.2) is 0 Å². The maximum absolute atomic E-state index is 12.8. The van der Waals surface area contributed by atoms with Crippen LogP contribution in [0.3, 0.4) is 0 Å². The van der Waals surface area contributed by atoms with Crippen LogP contribution in [0, 0.1) is 3.70 Å². The van der Waals surface area contributed by atoms with Crippen molar-refractivity contribution in [1.29, 1.82) is 0 Å². The summed E-state index contributed by atoms with van der Waals surface area (Å²) in [6.45, 7) is 1.79. The van der Waals surface area contributed by atoms with Crippen LogP contribution in [0.5, 0.6) is 0 Å². The third-order valence-electron chi connectivity index (χ3n) is 2.03. The van der Waals surface area contributed by atoms with E-state index >= 15 is 0 Å². The summed E-state index contributed by atoms with van der Waals surface area (Å²) in [5.74, 6) is -0.874. The number of rotatable bonds is 4. The van der Waals surface area contributed by atoms with Crippen molar-refractivity contribution in [2.45, 2.75) is 19.2 Å². The van der Waals surface area contributed by atoms with E-state index in [1.165, 1.54) is 6.20 Å². The standard InChI is InChI=1S/C10H9ClF2INO2/c1-2-17-10(16)6-4-15-9(14)7(8(12)13)5(6)3-11/h4,8H,2-3H2,1H3. The Bertz CT molecular complexity index is 429. The number of esters is 1. The first-order chi connectivity index (χ1) is 8.02. The second kappa shape index (κ2) is 6.44. The van der Waals surface area contributed by atoms with Gasteiger partial charge in [-0.3, -0.25) is 0 Å². The van der Waals surface area contributed by atoms with Gasteiger partial charge in [0.2, 0.25) is 0 Å². The van der Waals surface area contributed by atoms with Gasteiger partial charge in [-0.05, 0) is 35.1 Å². The van der Waals surface area contributed by atoms with Gasteiger partial charge in [0.25, 0.3) is 6.43 Å². The second-order valence-corrected chi connectivity index (χ2v) is 4.30. The highest BCUT2D eigenvalue weighted by Gasteiger charge is 2.24. The Morgan fingerprint density at radius 1 is 1.65 bits per heavy atom. The Morgan fingerprint density at radius 2 is 2.29 bits per heavy atom. The minimum absolute atomic E-state index is 0.00225. The number of pyridine rings is 1. The minimum atomic E-state index is -2.72. The third kappa shape index (κ3) is 3.25. The largest absolute Gasteiger partial charge is 0.462 e. The lowest BCUT2D eigenvalue weighted by molar-refractivity contribution is 0.0524. The van der Waals surface area contributed by atoms with Gasteiger partial charge in [0, 0.05) is 12.1 Å². The molecular formula is C10H9ClF2INO2. The molecule has 0 saturated carbocycles. The molecule has 0 amide bonds. The molecule has 0 aromatic carbocycles. The van der Waals surface area contributed by atoms with Crippen molar-refractivity contribution >= 4 is 40.2 Å². The first-order valence-corrected chi connectivity index (χ1v) is 6.32. The number of hydrogen-bond donors (Lipinski definition) is 0. The molecule has 0 unspecified atom stereocenters. The van der Waals surface area contributed by atoms with E-state index in [1.54, 1.807) is 29.5 Å². The van der Waals surface area contributed by atoms with E-state index in [1.807, 2.05) is 0 Å². The van der Waals surface area contributed by atoms with Crippen LogP contribution in [-0.4, -0.2) is 17.6 Å². The number of hydrogen-bond acceptors (Lipinski definition) is 3. The number of nitrogens with zero attached hydrogens (tertiary/aromatic N) is 1. The SMILES string of the molecule is CCOC(=O)c1cnc(I)c(C(F)F)c1CCl. The summed E-state index contributed by atoms with van der Waals surface area (Å²) in [4.78, 5) is 15.3. The summed E-state index contributed by atoms with van der Waals surface area (Å²) in [6, 6.07) is 0. The average molecular weight is 376 g/mol. The van der Waals surface area contributed by atoms with Crippen molar-refractivity contribution in [3.63, 3.8) is 0 Å². The molecule has 7 heteroatoms. The van der Waals surface area contributed by atoms with E-state index in [4.69, 9.17) is 16.3 Å². The van der Waals surface area contributed by atoms with Gasteiger partial charge in [-0.15, -0.1) is 11.6 Å². The lowest BCUT2D eigenvalue weighted by Gasteiger charge is -2.12. The fourth-order valence-corrected chi connectivity index (χ4v) is 2.28. The summed E-state index contributed by atoms with van der Waals surface area (Å²) >= 11 is 7.31. The molecule has 0 aliphatic rings. The minimum Gasteiger partial charge on any atom is -0.462 e. The number of ether oxygens (including phenoxy) is 1. The van der Waals surface area contributed by atoms with Crippen molar-refractivity contribution in [3.8, 4) is 0 Å². The van der Waals surface area contributed by atoms with Gasteiger partial charge in [-0.1, -0.05) is 0 Å². The quantitative estimate of drug-likeness (QED) is 0.350. The highest BCUT2D eigenvalue weighted by Crippen LogP contribution is 2.30. The fraction of sp³-hybridized carbons (Fsp3) is 0.400. The summed E-state index contributed by atoms with van der Waals surface area (Å²) in [6.07, 6.45) is -1.51. The number of carbonyl (C=O) groups excluding carboxylic acids is 1. The third-order valence-corrected chi connectivity index (χ3v) is 3.15. The predicted octanol–water partition coefficient (Wildman–Crippen LogP) is 3.54. The van der Waals surface area contributed by atoms with E-state index in [2.05, 4.69) is 4.98 Å². The van der Waals surface area contributed by atoms with Gasteiger partial charge < -0.3 is 4.74 Å². The van der Waals surface area contributed by atoms with E-state index in [-0.39, 0.29) is 32.9 Å². The van der Waals surface area contributed by atoms with Gasteiger partial charge >= 0.3 is 5.97 Å². The summed E-state index contributed by atoms with van der Waals surface area (Å²) < 4.78 is 30.6. The molecule has 0 bridgehead atoms. The fourth-order valence-electron chi connectivity index (χ4n) is 1.29. The molecule has 0 atom stereocenters. The van der Waals surface area contributed by atoms with Crippen LogP contribution in [0.1, 0.15) is 34.8 Å². The first kappa shape index (κ1) is 14.6. The van der Waals surface area contributed by atoms with Crippen LogP contribution >= 0.6 is 34.2 Å². The highest BCUT2D eigenvalue weighted by atomic mass is 127. The van der Waals surface area contributed by atoms with Crippen molar-refractivity contribution < 1.29 is 18.3 Å². The summed E-state index contributed by atoms with van der Waals surface area (Å²) in [7, 11) is 0. The van der Waals surface area contributed by atoms with Crippen molar-refractivity contribution in [2.24, 2.45) is 0 Å². The summed E-state index contributed by atoms with van der Waals surface area (Å²) in [5.41, 5.74) is -0.219. The lowest BCUT2D eigenvalue weighted by Crippen LogP contribution is -2.12. The molecule has 17 heavy (non-hydrogen) atoms. The molecule has 94 valence electrons. The molecule has 0 radical (unpaired) electrons. The van der Waals surface area contributed by atoms with Crippen LogP contribution < -0.4 is 0 Å². The van der Waals surface area contributed by atoms with Crippen molar-refractivity contribution in [1.82, 2.24) is 4.98 Å². The smallest absolute Gasteiger partial charge is 0.340 e. The molecule has 1 aromatic heterocycles. The van der Waals surface area contributed by atoms with E-state index in [0.29, 0.717) is 0 Å². The first-order valence-electron chi connectivity index (χ1n) is 4.71. The van der Waals surface area contributed by atoms with Gasteiger partial charge in [0.1, 0.15) is 3.70 Å². The molecule has 3 nitrogen and oxygen atoms in total. The van der Waals surface area contributed by atoms with Crippen molar-refractivity contribution in [2.75, 3.05) is 6.61 Å². The molecule has 0 N–H and O–H groups in total. The maximum Gasteiger partial charge on any atom is 0.340 e. The zero-order valence-electron chi connectivity index (χ0n) is 8.84. The van der Waals surface area contributed by atoms with Crippen molar-refractivity contribution in [3.05, 3.63) is 26.6 Å². The average Bonchev–Trinajstić information content (AvgIpc) is 2.27. The molecule has 0 aliphatic carbocycles. The van der Waals surface area contributed by atoms with E-state index < -0.39 is 12.4 Å². The lowest BCUT2D eigenvalue weighted by atomic mass is 10.1. The van der Waals surface area contributed by atoms with Gasteiger partial charge in [-0.25, -0.2) is 18.6 Å². The van der Waals surface area contributed by atoms with Gasteiger partial charge in [-0.2, -0.15) is 0 Å². The number of alkyl halides is 3. The molecule has 1 rings (SSSR count). The second-order valence-electron chi connectivity index (χ2n) is 3.01. The maximum atomic E-state index is 12.8. The zero-order chi connectivity index (χ0) is 13.0. The Balaban J connectivity index is 3.32. The van der Waals surface area contributed by atoms with Crippen LogP contribution in [0.4, 0.5) is 8.78 Å². The molecule has 1 heterocycles. The molecule has 0 aliphatic heterocycles. The number of aromatic nitrogens is 1. The highest BCUT2D eigenvalue weighted by molar-refractivity contribution is 14.1. The predicted molar refractivity (Wildman–Crippen MR) is 67.4 cm³/mol. The molecule has 0 saturated heterocycles.